The maximum atomic E-state index is 12.4. The highest BCUT2D eigenvalue weighted by Crippen LogP contribution is 2.20. The molecule has 2 aromatic carbocycles. The number of aromatic nitrogens is 2. The largest absolute Gasteiger partial charge is 0.348 e. The molecule has 0 aliphatic rings. The molecule has 0 aliphatic heterocycles. The molecule has 3 aromatic rings. The summed E-state index contributed by atoms with van der Waals surface area (Å²) >= 11 is 0. The topological polar surface area (TPSA) is 68.0 Å². The van der Waals surface area contributed by atoms with Gasteiger partial charge in [0.2, 0.25) is 5.91 Å². The zero-order valence-corrected chi connectivity index (χ0v) is 13.5. The van der Waals surface area contributed by atoms with Crippen LogP contribution in [-0.4, -0.2) is 16.0 Å². The lowest BCUT2D eigenvalue weighted by atomic mass is 9.96. The van der Waals surface area contributed by atoms with E-state index in [1.807, 2.05) is 67.6 Å². The highest BCUT2D eigenvalue weighted by molar-refractivity contribution is 5.83. The van der Waals surface area contributed by atoms with Crippen molar-refractivity contribution >= 4 is 5.91 Å². The smallest absolute Gasteiger partial charge is 0.257 e. The predicted molar refractivity (Wildman–Crippen MR) is 91.1 cm³/mol. The number of carbonyl (C=O) groups is 1. The summed E-state index contributed by atoms with van der Waals surface area (Å²) < 4.78 is 5.24. The van der Waals surface area contributed by atoms with E-state index in [0.29, 0.717) is 11.7 Å². The first-order valence-electron chi connectivity index (χ1n) is 7.98. The number of benzene rings is 2. The molecule has 0 spiro atoms. The van der Waals surface area contributed by atoms with Crippen molar-refractivity contribution in [2.24, 2.45) is 0 Å². The van der Waals surface area contributed by atoms with Crippen molar-refractivity contribution in [3.63, 3.8) is 0 Å². The Morgan fingerprint density at radius 2 is 1.75 bits per heavy atom. The Bertz CT molecular complexity index is 785. The average molecular weight is 321 g/mol. The quantitative estimate of drug-likeness (QED) is 0.754. The predicted octanol–water partition coefficient (Wildman–Crippen LogP) is 3.55. The monoisotopic (exact) mass is 321 g/mol. The van der Waals surface area contributed by atoms with Gasteiger partial charge in [0.25, 0.3) is 5.89 Å². The van der Waals surface area contributed by atoms with Crippen molar-refractivity contribution in [2.75, 3.05) is 0 Å². The Balaban J connectivity index is 1.63. The summed E-state index contributed by atoms with van der Waals surface area (Å²) in [7, 11) is 0. The summed E-state index contributed by atoms with van der Waals surface area (Å²) in [5, 5.41) is 6.81. The Kier molecular flexibility index (Phi) is 5.01. The van der Waals surface area contributed by atoms with E-state index < -0.39 is 0 Å². The number of amides is 1. The van der Waals surface area contributed by atoms with Crippen molar-refractivity contribution in [1.29, 1.82) is 0 Å². The molecule has 1 N–H and O–H groups in total. The third kappa shape index (κ3) is 3.68. The van der Waals surface area contributed by atoms with E-state index in [0.717, 1.165) is 17.5 Å². The van der Waals surface area contributed by atoms with Crippen LogP contribution in [0.25, 0.3) is 11.5 Å². The van der Waals surface area contributed by atoms with Gasteiger partial charge in [-0.3, -0.25) is 4.79 Å². The van der Waals surface area contributed by atoms with E-state index in [4.69, 9.17) is 4.52 Å². The van der Waals surface area contributed by atoms with Crippen molar-refractivity contribution in [3.05, 3.63) is 72.1 Å². The van der Waals surface area contributed by atoms with Crippen LogP contribution >= 0.6 is 0 Å². The summed E-state index contributed by atoms with van der Waals surface area (Å²) in [4.78, 5) is 16.7. The zero-order chi connectivity index (χ0) is 16.8. The minimum atomic E-state index is -0.174. The number of nitrogens with one attached hydrogen (secondary N) is 1. The molecule has 5 nitrogen and oxygen atoms in total. The van der Waals surface area contributed by atoms with Crippen LogP contribution in [0.3, 0.4) is 0 Å². The lowest BCUT2D eigenvalue weighted by molar-refractivity contribution is -0.122. The molecule has 0 aliphatic carbocycles. The average Bonchev–Trinajstić information content (AvgIpc) is 3.11. The fourth-order valence-corrected chi connectivity index (χ4v) is 2.57. The molecule has 0 saturated carbocycles. The molecular formula is C19H19N3O2. The van der Waals surface area contributed by atoms with Crippen LogP contribution < -0.4 is 5.32 Å². The maximum Gasteiger partial charge on any atom is 0.257 e. The van der Waals surface area contributed by atoms with Gasteiger partial charge in [0.05, 0.1) is 12.5 Å². The lowest BCUT2D eigenvalue weighted by Crippen LogP contribution is -2.29. The van der Waals surface area contributed by atoms with Gasteiger partial charge in [0.15, 0.2) is 5.82 Å². The van der Waals surface area contributed by atoms with E-state index in [1.165, 1.54) is 0 Å². The van der Waals surface area contributed by atoms with Crippen molar-refractivity contribution in [1.82, 2.24) is 15.5 Å². The minimum absolute atomic E-state index is 0.0326. The highest BCUT2D eigenvalue weighted by atomic mass is 16.5. The van der Waals surface area contributed by atoms with E-state index in [1.54, 1.807) is 0 Å². The van der Waals surface area contributed by atoms with Crippen molar-refractivity contribution in [3.8, 4) is 11.5 Å². The van der Waals surface area contributed by atoms with Crippen molar-refractivity contribution < 1.29 is 9.32 Å². The molecule has 0 unspecified atom stereocenters. The molecule has 0 radical (unpaired) electrons. The molecular weight excluding hydrogens is 302 g/mol. The van der Waals surface area contributed by atoms with Gasteiger partial charge in [-0.15, -0.1) is 0 Å². The summed E-state index contributed by atoms with van der Waals surface area (Å²) in [6.07, 6.45) is 0.733. The van der Waals surface area contributed by atoms with Crippen LogP contribution in [0.5, 0.6) is 0 Å². The molecule has 0 fully saturated rings. The molecule has 5 heteroatoms. The Morgan fingerprint density at radius 3 is 2.42 bits per heavy atom. The van der Waals surface area contributed by atoms with Crippen LogP contribution in [0, 0.1) is 0 Å². The minimum Gasteiger partial charge on any atom is -0.348 e. The number of hydrogen-bond donors (Lipinski definition) is 1. The zero-order valence-electron chi connectivity index (χ0n) is 13.5. The van der Waals surface area contributed by atoms with Crippen LogP contribution in [0.1, 0.15) is 30.7 Å². The first-order valence-corrected chi connectivity index (χ1v) is 7.98. The fraction of sp³-hybridized carbons (Fsp3) is 0.211. The number of hydrogen-bond acceptors (Lipinski definition) is 4. The second-order valence-electron chi connectivity index (χ2n) is 5.47. The van der Waals surface area contributed by atoms with Gasteiger partial charge < -0.3 is 9.84 Å². The number of carbonyl (C=O) groups excluding carboxylic acids is 1. The van der Waals surface area contributed by atoms with E-state index in [9.17, 15) is 4.79 Å². The molecule has 3 rings (SSSR count). The van der Waals surface area contributed by atoms with E-state index >= 15 is 0 Å². The van der Waals surface area contributed by atoms with Crippen LogP contribution in [0.2, 0.25) is 0 Å². The Labute approximate surface area is 140 Å². The Hall–Kier alpha value is -2.95. The molecule has 1 atom stereocenters. The summed E-state index contributed by atoms with van der Waals surface area (Å²) in [5.41, 5.74) is 1.87. The molecule has 122 valence electrons. The molecule has 24 heavy (non-hydrogen) atoms. The van der Waals surface area contributed by atoms with Gasteiger partial charge in [-0.2, -0.15) is 4.98 Å². The fourth-order valence-electron chi connectivity index (χ4n) is 2.57. The normalized spacial score (nSPS) is 11.9. The summed E-state index contributed by atoms with van der Waals surface area (Å²) in [5.74, 6) is 0.710. The van der Waals surface area contributed by atoms with E-state index in [2.05, 4.69) is 15.5 Å². The lowest BCUT2D eigenvalue weighted by Gasteiger charge is -2.14. The summed E-state index contributed by atoms with van der Waals surface area (Å²) in [6, 6.07) is 19.3. The van der Waals surface area contributed by atoms with Gasteiger partial charge in [0.1, 0.15) is 0 Å². The second kappa shape index (κ2) is 7.55. The van der Waals surface area contributed by atoms with Gasteiger partial charge in [0, 0.05) is 5.56 Å². The second-order valence-corrected chi connectivity index (χ2v) is 5.47. The standard InChI is InChI=1S/C19H19N3O2/c1-2-16(14-9-5-3-6-10-14)18(23)20-13-17-21-19(24-22-17)15-11-7-4-8-12-15/h3-12,16H,2,13H2,1H3,(H,20,23)/t16-/m1/s1. The molecule has 0 saturated heterocycles. The third-order valence-electron chi connectivity index (χ3n) is 3.84. The third-order valence-corrected chi connectivity index (χ3v) is 3.84. The van der Waals surface area contributed by atoms with Gasteiger partial charge in [-0.25, -0.2) is 0 Å². The summed E-state index contributed by atoms with van der Waals surface area (Å²) in [6.45, 7) is 2.25. The van der Waals surface area contributed by atoms with Gasteiger partial charge >= 0.3 is 0 Å². The van der Waals surface area contributed by atoms with E-state index in [-0.39, 0.29) is 18.4 Å². The highest BCUT2D eigenvalue weighted by Gasteiger charge is 2.19. The SMILES string of the molecule is CC[C@@H](C(=O)NCc1noc(-c2ccccc2)n1)c1ccccc1. The van der Waals surface area contributed by atoms with Gasteiger partial charge in [-0.1, -0.05) is 60.6 Å². The molecule has 1 heterocycles. The number of nitrogens with zero attached hydrogens (tertiary/aromatic N) is 2. The molecule has 1 amide bonds. The maximum absolute atomic E-state index is 12.4. The number of rotatable bonds is 6. The van der Waals surface area contributed by atoms with Crippen LogP contribution in [-0.2, 0) is 11.3 Å². The van der Waals surface area contributed by atoms with Crippen LogP contribution in [0.4, 0.5) is 0 Å². The van der Waals surface area contributed by atoms with Crippen molar-refractivity contribution in [2.45, 2.75) is 25.8 Å². The van der Waals surface area contributed by atoms with Crippen LogP contribution in [0.15, 0.2) is 65.2 Å². The molecule has 1 aromatic heterocycles. The first kappa shape index (κ1) is 15.9. The van der Waals surface area contributed by atoms with Gasteiger partial charge in [-0.05, 0) is 24.1 Å². The Morgan fingerprint density at radius 1 is 1.08 bits per heavy atom. The first-order chi connectivity index (χ1) is 11.8. The molecule has 0 bridgehead atoms.